The maximum atomic E-state index is 13.0. The van der Waals surface area contributed by atoms with Crippen molar-refractivity contribution in [3.8, 4) is 0 Å². The lowest BCUT2D eigenvalue weighted by Gasteiger charge is -2.21. The van der Waals surface area contributed by atoms with Crippen LogP contribution >= 0.6 is 0 Å². The van der Waals surface area contributed by atoms with Crippen LogP contribution in [0.25, 0.3) is 10.9 Å². The third kappa shape index (κ3) is 5.14. The molecule has 6 nitrogen and oxygen atoms in total. The van der Waals surface area contributed by atoms with Gasteiger partial charge in [0.25, 0.3) is 5.91 Å². The van der Waals surface area contributed by atoms with Gasteiger partial charge in [0.1, 0.15) is 6.54 Å². The van der Waals surface area contributed by atoms with Crippen molar-refractivity contribution in [2.24, 2.45) is 5.73 Å². The van der Waals surface area contributed by atoms with E-state index in [4.69, 9.17) is 5.73 Å². The number of carbonyl (C=O) groups excluding carboxylic acids is 2. The van der Waals surface area contributed by atoms with Gasteiger partial charge in [-0.05, 0) is 44.1 Å². The van der Waals surface area contributed by atoms with Crippen LogP contribution in [-0.4, -0.2) is 66.5 Å². The van der Waals surface area contributed by atoms with Crippen molar-refractivity contribution in [2.45, 2.75) is 18.9 Å². The topological polar surface area (TPSA) is 71.6 Å². The van der Waals surface area contributed by atoms with Crippen molar-refractivity contribution >= 4 is 22.7 Å². The van der Waals surface area contributed by atoms with E-state index in [1.807, 2.05) is 74.9 Å². The Hall–Kier alpha value is -2.96. The van der Waals surface area contributed by atoms with Crippen LogP contribution < -0.4 is 5.73 Å². The number of hydrogen-bond donors (Lipinski definition) is 1. The standard InChI is InChI=1S/C24H30N4O2/c1-26(2)14-13-19-16-28(22-12-8-7-11-20(19)22)23(29)17-27(3)24(30)21(25)15-18-9-5-4-6-10-18/h4-12,16,21H,13-15,17,25H2,1-3H3. The molecule has 158 valence electrons. The highest BCUT2D eigenvalue weighted by Gasteiger charge is 2.22. The summed E-state index contributed by atoms with van der Waals surface area (Å²) in [5.74, 6) is -0.387. The predicted octanol–water partition coefficient (Wildman–Crippen LogP) is 2.41. The molecule has 0 saturated heterocycles. The minimum Gasteiger partial charge on any atom is -0.335 e. The summed E-state index contributed by atoms with van der Waals surface area (Å²) in [5, 5.41) is 1.07. The van der Waals surface area contributed by atoms with Gasteiger partial charge in [-0.15, -0.1) is 0 Å². The van der Waals surface area contributed by atoms with E-state index >= 15 is 0 Å². The van der Waals surface area contributed by atoms with Crippen LogP contribution in [0, 0.1) is 0 Å². The predicted molar refractivity (Wildman–Crippen MR) is 121 cm³/mol. The molecule has 1 unspecified atom stereocenters. The van der Waals surface area contributed by atoms with Gasteiger partial charge in [0.2, 0.25) is 5.91 Å². The molecule has 2 aromatic carbocycles. The number of rotatable bonds is 8. The van der Waals surface area contributed by atoms with Crippen LogP contribution in [0.2, 0.25) is 0 Å². The molecule has 0 bridgehead atoms. The number of fused-ring (bicyclic) bond motifs is 1. The lowest BCUT2D eigenvalue weighted by molar-refractivity contribution is -0.130. The molecule has 1 aromatic heterocycles. The first-order valence-electron chi connectivity index (χ1n) is 10.2. The minimum atomic E-state index is -0.678. The molecule has 0 aliphatic heterocycles. The normalized spacial score (nSPS) is 12.3. The number of carbonyl (C=O) groups is 2. The Morgan fingerprint density at radius 3 is 2.37 bits per heavy atom. The Morgan fingerprint density at radius 2 is 1.67 bits per heavy atom. The Bertz CT molecular complexity index is 1010. The van der Waals surface area contributed by atoms with E-state index in [1.54, 1.807) is 11.6 Å². The van der Waals surface area contributed by atoms with Gasteiger partial charge in [0.05, 0.1) is 11.6 Å². The summed E-state index contributed by atoms with van der Waals surface area (Å²) >= 11 is 0. The molecular formula is C24H30N4O2. The molecule has 1 atom stereocenters. The number of nitrogens with two attached hydrogens (primary N) is 1. The van der Waals surface area contributed by atoms with Crippen LogP contribution in [0.15, 0.2) is 60.8 Å². The lowest BCUT2D eigenvalue weighted by Crippen LogP contribution is -2.45. The van der Waals surface area contributed by atoms with Gasteiger partial charge in [-0.3, -0.25) is 14.2 Å². The third-order valence-electron chi connectivity index (χ3n) is 5.26. The number of nitrogens with zero attached hydrogens (tertiary/aromatic N) is 3. The molecule has 0 spiro atoms. The molecule has 1 heterocycles. The molecule has 0 aliphatic rings. The molecule has 0 radical (unpaired) electrons. The molecule has 3 rings (SSSR count). The minimum absolute atomic E-state index is 0.0207. The summed E-state index contributed by atoms with van der Waals surface area (Å²) < 4.78 is 1.66. The second-order valence-electron chi connectivity index (χ2n) is 7.98. The highest BCUT2D eigenvalue weighted by Crippen LogP contribution is 2.22. The number of benzene rings is 2. The van der Waals surface area contributed by atoms with Crippen molar-refractivity contribution < 1.29 is 9.59 Å². The number of hydrogen-bond acceptors (Lipinski definition) is 4. The monoisotopic (exact) mass is 406 g/mol. The SMILES string of the molecule is CN(C)CCc1cn(C(=O)CN(C)C(=O)C(N)Cc2ccccc2)c2ccccc12. The van der Waals surface area contributed by atoms with Crippen LogP contribution in [0.3, 0.4) is 0 Å². The van der Waals surface area contributed by atoms with Crippen molar-refractivity contribution in [1.82, 2.24) is 14.4 Å². The maximum absolute atomic E-state index is 13.0. The molecule has 0 fully saturated rings. The molecule has 3 aromatic rings. The lowest BCUT2D eigenvalue weighted by atomic mass is 10.1. The molecule has 6 heteroatoms. The van der Waals surface area contributed by atoms with Gasteiger partial charge in [-0.25, -0.2) is 0 Å². The zero-order valence-electron chi connectivity index (χ0n) is 17.9. The van der Waals surface area contributed by atoms with E-state index in [2.05, 4.69) is 4.90 Å². The fourth-order valence-corrected chi connectivity index (χ4v) is 3.60. The highest BCUT2D eigenvalue weighted by atomic mass is 16.2. The fourth-order valence-electron chi connectivity index (χ4n) is 3.60. The van der Waals surface area contributed by atoms with Crippen LogP contribution in [0.1, 0.15) is 15.9 Å². The maximum Gasteiger partial charge on any atom is 0.250 e. The Morgan fingerprint density at radius 1 is 1.00 bits per heavy atom. The van der Waals surface area contributed by atoms with Gasteiger partial charge in [0, 0.05) is 25.2 Å². The smallest absolute Gasteiger partial charge is 0.250 e. The number of para-hydroxylation sites is 1. The van der Waals surface area contributed by atoms with Gasteiger partial charge >= 0.3 is 0 Å². The number of aromatic nitrogens is 1. The van der Waals surface area contributed by atoms with Crippen LogP contribution in [0.5, 0.6) is 0 Å². The zero-order chi connectivity index (χ0) is 21.7. The summed E-state index contributed by atoms with van der Waals surface area (Å²) in [6, 6.07) is 16.9. The fraction of sp³-hybridized carbons (Fsp3) is 0.333. The molecular weight excluding hydrogens is 376 g/mol. The molecule has 30 heavy (non-hydrogen) atoms. The van der Waals surface area contributed by atoms with Gasteiger partial charge < -0.3 is 15.5 Å². The van der Waals surface area contributed by atoms with E-state index < -0.39 is 6.04 Å². The average Bonchev–Trinajstić information content (AvgIpc) is 3.11. The second kappa shape index (κ2) is 9.69. The second-order valence-corrected chi connectivity index (χ2v) is 7.98. The van der Waals surface area contributed by atoms with Crippen molar-refractivity contribution in [3.63, 3.8) is 0 Å². The Labute approximate surface area is 177 Å². The first kappa shape index (κ1) is 21.7. The van der Waals surface area contributed by atoms with E-state index in [-0.39, 0.29) is 18.4 Å². The number of likely N-dealkylation sites (N-methyl/N-ethyl adjacent to an activating group) is 2. The zero-order valence-corrected chi connectivity index (χ0v) is 17.9. The van der Waals surface area contributed by atoms with Gasteiger partial charge in [0.15, 0.2) is 0 Å². The molecule has 1 amide bonds. The van der Waals surface area contributed by atoms with Crippen LogP contribution in [-0.2, 0) is 17.6 Å². The van der Waals surface area contributed by atoms with Crippen molar-refractivity contribution in [3.05, 3.63) is 71.9 Å². The van der Waals surface area contributed by atoms with Gasteiger partial charge in [-0.1, -0.05) is 48.5 Å². The highest BCUT2D eigenvalue weighted by molar-refractivity contribution is 5.96. The Balaban J connectivity index is 1.72. The van der Waals surface area contributed by atoms with Crippen molar-refractivity contribution in [2.75, 3.05) is 34.2 Å². The number of amides is 1. The molecule has 0 saturated carbocycles. The average molecular weight is 407 g/mol. The van der Waals surface area contributed by atoms with E-state index in [0.717, 1.165) is 35.0 Å². The van der Waals surface area contributed by atoms with E-state index in [0.29, 0.717) is 6.42 Å². The molecule has 2 N–H and O–H groups in total. The van der Waals surface area contributed by atoms with Gasteiger partial charge in [-0.2, -0.15) is 0 Å². The summed E-state index contributed by atoms with van der Waals surface area (Å²) in [5.41, 5.74) is 9.11. The summed E-state index contributed by atoms with van der Waals surface area (Å²) in [7, 11) is 5.69. The van der Waals surface area contributed by atoms with E-state index in [9.17, 15) is 9.59 Å². The largest absolute Gasteiger partial charge is 0.335 e. The summed E-state index contributed by atoms with van der Waals surface area (Å²) in [6.45, 7) is 0.877. The third-order valence-corrected chi connectivity index (χ3v) is 5.26. The first-order valence-corrected chi connectivity index (χ1v) is 10.2. The Kier molecular flexibility index (Phi) is 7.03. The quantitative estimate of drug-likeness (QED) is 0.624. The van der Waals surface area contributed by atoms with Crippen LogP contribution in [0.4, 0.5) is 0 Å². The van der Waals surface area contributed by atoms with E-state index in [1.165, 1.54) is 4.90 Å². The molecule has 0 aliphatic carbocycles. The first-order chi connectivity index (χ1) is 14.4. The van der Waals surface area contributed by atoms with Crippen molar-refractivity contribution in [1.29, 1.82) is 0 Å². The summed E-state index contributed by atoms with van der Waals surface area (Å²) in [4.78, 5) is 29.3. The summed E-state index contributed by atoms with van der Waals surface area (Å²) in [6.07, 6.45) is 3.20.